The molecule has 1 fully saturated rings. The van der Waals surface area contributed by atoms with Gasteiger partial charge in [0.1, 0.15) is 0 Å². The zero-order valence-electron chi connectivity index (χ0n) is 13.2. The summed E-state index contributed by atoms with van der Waals surface area (Å²) in [6.45, 7) is 2.42. The summed E-state index contributed by atoms with van der Waals surface area (Å²) < 4.78 is 5.67. The van der Waals surface area contributed by atoms with E-state index in [0.29, 0.717) is 26.2 Å². The number of nitrogens with two attached hydrogens (primary N) is 1. The van der Waals surface area contributed by atoms with Gasteiger partial charge < -0.3 is 20.7 Å². The van der Waals surface area contributed by atoms with Gasteiger partial charge in [0.05, 0.1) is 19.3 Å². The lowest BCUT2D eigenvalue weighted by atomic mass is 10.0. The summed E-state index contributed by atoms with van der Waals surface area (Å²) in [5.74, 6) is -0.364. The molecule has 0 radical (unpaired) electrons. The Morgan fingerprint density at radius 1 is 1.50 bits per heavy atom. The predicted molar refractivity (Wildman–Crippen MR) is 83.3 cm³/mol. The molecule has 7 heteroatoms. The fraction of sp³-hybridized carbons (Fsp3) is 0.733. The van der Waals surface area contributed by atoms with Gasteiger partial charge in [0.25, 0.3) is 0 Å². The van der Waals surface area contributed by atoms with E-state index in [0.717, 1.165) is 19.3 Å². The molecule has 1 heterocycles. The third-order valence-corrected chi connectivity index (χ3v) is 3.93. The lowest BCUT2D eigenvalue weighted by Gasteiger charge is -2.35. The Labute approximate surface area is 131 Å². The first-order chi connectivity index (χ1) is 10.5. The molecule has 3 amide bonds. The Balaban J connectivity index is 1.79. The first kappa shape index (κ1) is 16.8. The molecule has 3 N–H and O–H groups in total. The second-order valence-corrected chi connectivity index (χ2v) is 6.02. The molecule has 2 atom stereocenters. The number of allylic oxidation sites excluding steroid dienone is 1. The summed E-state index contributed by atoms with van der Waals surface area (Å²) >= 11 is 0. The van der Waals surface area contributed by atoms with E-state index in [-0.39, 0.29) is 30.6 Å². The molecular formula is C15H26N4O3. The van der Waals surface area contributed by atoms with E-state index in [1.54, 1.807) is 4.90 Å². The van der Waals surface area contributed by atoms with E-state index < -0.39 is 0 Å². The van der Waals surface area contributed by atoms with Crippen molar-refractivity contribution < 1.29 is 14.3 Å². The van der Waals surface area contributed by atoms with Gasteiger partial charge in [-0.05, 0) is 26.3 Å². The standard InChI is InChI=1S/C15H26N4O3/c1-18(11-14(16)20)9-13-10-19(7-8-22-13)15(21)17-12-5-3-2-4-6-12/h3,5,12-13H,2,4,6-11H2,1H3,(H2,16,20)(H,17,21). The van der Waals surface area contributed by atoms with Crippen molar-refractivity contribution in [1.29, 1.82) is 0 Å². The maximum absolute atomic E-state index is 12.3. The molecule has 0 bridgehead atoms. The zero-order chi connectivity index (χ0) is 15.9. The van der Waals surface area contributed by atoms with Crippen molar-refractivity contribution in [3.05, 3.63) is 12.2 Å². The van der Waals surface area contributed by atoms with Crippen LogP contribution in [0.5, 0.6) is 0 Å². The van der Waals surface area contributed by atoms with Crippen LogP contribution in [0.3, 0.4) is 0 Å². The highest BCUT2D eigenvalue weighted by molar-refractivity contribution is 5.76. The Kier molecular flexibility index (Phi) is 6.21. The van der Waals surface area contributed by atoms with Crippen LogP contribution in [0.15, 0.2) is 12.2 Å². The molecule has 2 aliphatic rings. The fourth-order valence-corrected chi connectivity index (χ4v) is 2.87. The minimum Gasteiger partial charge on any atom is -0.373 e. The molecule has 1 saturated heterocycles. The molecule has 0 aromatic heterocycles. The van der Waals surface area contributed by atoms with Gasteiger partial charge in [-0.1, -0.05) is 12.2 Å². The van der Waals surface area contributed by atoms with Gasteiger partial charge in [-0.3, -0.25) is 9.69 Å². The van der Waals surface area contributed by atoms with Crippen LogP contribution in [0.1, 0.15) is 19.3 Å². The summed E-state index contributed by atoms with van der Waals surface area (Å²) in [5.41, 5.74) is 5.18. The van der Waals surface area contributed by atoms with Gasteiger partial charge in [-0.2, -0.15) is 0 Å². The molecule has 1 aliphatic carbocycles. The van der Waals surface area contributed by atoms with Crippen molar-refractivity contribution in [1.82, 2.24) is 15.1 Å². The minimum absolute atomic E-state index is 0.0394. The summed E-state index contributed by atoms with van der Waals surface area (Å²) in [4.78, 5) is 26.8. The number of ether oxygens (including phenoxy) is 1. The highest BCUT2D eigenvalue weighted by Crippen LogP contribution is 2.12. The number of carbonyl (C=O) groups is 2. The van der Waals surface area contributed by atoms with Gasteiger partial charge in [-0.25, -0.2) is 4.79 Å². The maximum Gasteiger partial charge on any atom is 0.318 e. The average Bonchev–Trinajstić information content (AvgIpc) is 2.47. The summed E-state index contributed by atoms with van der Waals surface area (Å²) in [7, 11) is 1.82. The lowest BCUT2D eigenvalue weighted by Crippen LogP contribution is -2.54. The van der Waals surface area contributed by atoms with Crippen LogP contribution in [0.25, 0.3) is 0 Å². The number of hydrogen-bond acceptors (Lipinski definition) is 4. The third-order valence-electron chi connectivity index (χ3n) is 3.93. The number of nitrogens with zero attached hydrogens (tertiary/aromatic N) is 2. The summed E-state index contributed by atoms with van der Waals surface area (Å²) in [5, 5.41) is 3.05. The van der Waals surface area contributed by atoms with Crippen molar-refractivity contribution in [3.63, 3.8) is 0 Å². The normalized spacial score (nSPS) is 25.3. The Bertz CT molecular complexity index is 427. The SMILES string of the molecule is CN(CC(N)=O)CC1CN(C(=O)NC2C=CCCC2)CCO1. The van der Waals surface area contributed by atoms with Gasteiger partial charge in [-0.15, -0.1) is 0 Å². The highest BCUT2D eigenvalue weighted by atomic mass is 16.5. The van der Waals surface area contributed by atoms with Gasteiger partial charge in [0, 0.05) is 25.7 Å². The first-order valence-corrected chi connectivity index (χ1v) is 7.85. The van der Waals surface area contributed by atoms with Crippen LogP contribution < -0.4 is 11.1 Å². The summed E-state index contributed by atoms with van der Waals surface area (Å²) in [6.07, 6.45) is 7.31. The number of morpholine rings is 1. The largest absolute Gasteiger partial charge is 0.373 e. The Morgan fingerprint density at radius 3 is 3.00 bits per heavy atom. The molecule has 0 saturated carbocycles. The number of nitrogens with one attached hydrogen (secondary N) is 1. The number of amides is 3. The van der Waals surface area contributed by atoms with Crippen molar-refractivity contribution in [2.45, 2.75) is 31.4 Å². The van der Waals surface area contributed by atoms with E-state index >= 15 is 0 Å². The molecular weight excluding hydrogens is 284 g/mol. The zero-order valence-corrected chi connectivity index (χ0v) is 13.2. The Morgan fingerprint density at radius 2 is 2.32 bits per heavy atom. The molecule has 124 valence electrons. The van der Waals surface area contributed by atoms with Crippen LogP contribution in [-0.4, -0.2) is 73.7 Å². The van der Waals surface area contributed by atoms with E-state index in [4.69, 9.17) is 10.5 Å². The first-order valence-electron chi connectivity index (χ1n) is 7.85. The molecule has 0 aromatic carbocycles. The number of likely N-dealkylation sites (N-methyl/N-ethyl adjacent to an activating group) is 1. The lowest BCUT2D eigenvalue weighted by molar-refractivity contribution is -0.119. The second kappa shape index (κ2) is 8.14. The smallest absolute Gasteiger partial charge is 0.318 e. The van der Waals surface area contributed by atoms with E-state index in [9.17, 15) is 9.59 Å². The Hall–Kier alpha value is -1.60. The van der Waals surface area contributed by atoms with Crippen LogP contribution in [0.4, 0.5) is 4.79 Å². The van der Waals surface area contributed by atoms with Crippen molar-refractivity contribution in [3.8, 4) is 0 Å². The maximum atomic E-state index is 12.3. The summed E-state index contributed by atoms with van der Waals surface area (Å²) in [6, 6.07) is 0.0995. The van der Waals surface area contributed by atoms with E-state index in [1.807, 2.05) is 11.9 Å². The molecule has 7 nitrogen and oxygen atoms in total. The monoisotopic (exact) mass is 310 g/mol. The van der Waals surface area contributed by atoms with Gasteiger partial charge in [0.15, 0.2) is 0 Å². The van der Waals surface area contributed by atoms with Crippen molar-refractivity contribution in [2.24, 2.45) is 5.73 Å². The van der Waals surface area contributed by atoms with Crippen LogP contribution in [0, 0.1) is 0 Å². The predicted octanol–water partition coefficient (Wildman–Crippen LogP) is -0.0774. The van der Waals surface area contributed by atoms with Gasteiger partial charge in [0.2, 0.25) is 5.91 Å². The minimum atomic E-state index is -0.364. The number of hydrogen-bond donors (Lipinski definition) is 2. The van der Waals surface area contributed by atoms with Crippen molar-refractivity contribution >= 4 is 11.9 Å². The van der Waals surface area contributed by atoms with Crippen LogP contribution in [0.2, 0.25) is 0 Å². The molecule has 0 aromatic rings. The third kappa shape index (κ3) is 5.31. The molecule has 2 unspecified atom stereocenters. The average molecular weight is 310 g/mol. The molecule has 1 aliphatic heterocycles. The van der Waals surface area contributed by atoms with Crippen LogP contribution >= 0.6 is 0 Å². The van der Waals surface area contributed by atoms with Crippen LogP contribution in [-0.2, 0) is 9.53 Å². The number of rotatable bonds is 5. The van der Waals surface area contributed by atoms with E-state index in [2.05, 4.69) is 17.5 Å². The molecule has 22 heavy (non-hydrogen) atoms. The second-order valence-electron chi connectivity index (χ2n) is 6.02. The molecule has 2 rings (SSSR count). The van der Waals surface area contributed by atoms with E-state index in [1.165, 1.54) is 0 Å². The fourth-order valence-electron chi connectivity index (χ4n) is 2.87. The van der Waals surface area contributed by atoms with Gasteiger partial charge >= 0.3 is 6.03 Å². The number of carbonyl (C=O) groups excluding carboxylic acids is 2. The number of urea groups is 1. The molecule has 0 spiro atoms. The topological polar surface area (TPSA) is 87.9 Å². The number of primary amides is 1. The van der Waals surface area contributed by atoms with Crippen molar-refractivity contribution in [2.75, 3.05) is 39.8 Å². The quantitative estimate of drug-likeness (QED) is 0.695. The highest BCUT2D eigenvalue weighted by Gasteiger charge is 2.26.